The minimum Gasteiger partial charge on any atom is -0.508 e. The van der Waals surface area contributed by atoms with E-state index in [1.807, 2.05) is 12.1 Å². The molecule has 1 N–H and O–H groups in total. The van der Waals surface area contributed by atoms with E-state index in [1.165, 1.54) is 0 Å². The van der Waals surface area contributed by atoms with Crippen molar-refractivity contribution >= 4 is 56.1 Å². The number of halogens is 2. The van der Waals surface area contributed by atoms with Crippen LogP contribution in [0.15, 0.2) is 24.3 Å². The van der Waals surface area contributed by atoms with Gasteiger partial charge in [0, 0.05) is 8.96 Å². The summed E-state index contributed by atoms with van der Waals surface area (Å²) < 4.78 is 2.10. The summed E-state index contributed by atoms with van der Waals surface area (Å²) in [6.07, 6.45) is 0. The van der Waals surface area contributed by atoms with Crippen LogP contribution in [-0.4, -0.2) is 10.1 Å². The molecule has 13 heavy (non-hydrogen) atoms. The van der Waals surface area contributed by atoms with Crippen molar-refractivity contribution in [3.8, 4) is 5.75 Å². The monoisotopic (exact) mass is 397 g/mol. The second-order valence-electron chi connectivity index (χ2n) is 2.64. The van der Waals surface area contributed by atoms with Crippen molar-refractivity contribution in [2.75, 3.05) is 0 Å². The number of hydrogen-bond donors (Lipinski definition) is 1. The molecule has 0 aliphatic rings. The van der Waals surface area contributed by atoms with Crippen LogP contribution in [0.25, 0.3) is 10.9 Å². The molecular weight excluding hydrogens is 392 g/mol. The molecule has 2 aromatic rings. The van der Waals surface area contributed by atoms with Crippen molar-refractivity contribution < 1.29 is 5.11 Å². The largest absolute Gasteiger partial charge is 0.508 e. The quantitative estimate of drug-likeness (QED) is 0.548. The van der Waals surface area contributed by atoms with Crippen LogP contribution in [0, 0.1) is 7.27 Å². The predicted octanol–water partition coefficient (Wildman–Crippen LogP) is 3.15. The lowest BCUT2D eigenvalue weighted by Crippen LogP contribution is -1.86. The number of rotatable bonds is 0. The minimum absolute atomic E-state index is 0.284. The number of benzene rings is 1. The summed E-state index contributed by atoms with van der Waals surface area (Å²) in [5, 5.41) is 10.2. The van der Waals surface area contributed by atoms with Crippen LogP contribution >= 0.6 is 45.2 Å². The second-order valence-corrected chi connectivity index (χ2v) is 4.82. The zero-order chi connectivity index (χ0) is 9.42. The van der Waals surface area contributed by atoms with E-state index in [-0.39, 0.29) is 5.75 Å². The van der Waals surface area contributed by atoms with Gasteiger partial charge in [-0.2, -0.15) is 0 Å². The molecule has 0 saturated heterocycles. The lowest BCUT2D eigenvalue weighted by atomic mass is 10.2. The number of pyridine rings is 1. The first kappa shape index (κ1) is 9.45. The van der Waals surface area contributed by atoms with E-state index in [1.54, 1.807) is 12.1 Å². The van der Waals surface area contributed by atoms with Gasteiger partial charge in [-0.05, 0) is 69.4 Å². The summed E-state index contributed by atoms with van der Waals surface area (Å²) in [5.41, 5.74) is 0.919. The number of phenolic OH excluding ortho intramolecular Hbond substituents is 1. The average molecular weight is 397 g/mol. The van der Waals surface area contributed by atoms with E-state index in [4.69, 9.17) is 0 Å². The van der Waals surface area contributed by atoms with Gasteiger partial charge in [0.25, 0.3) is 0 Å². The van der Waals surface area contributed by atoms with Crippen LogP contribution in [0.2, 0.25) is 0 Å². The Morgan fingerprint density at radius 1 is 1.15 bits per heavy atom. The lowest BCUT2D eigenvalue weighted by Gasteiger charge is -2.00. The molecule has 0 aliphatic carbocycles. The molecule has 0 fully saturated rings. The fourth-order valence-corrected chi connectivity index (χ4v) is 1.99. The summed E-state index contributed by atoms with van der Waals surface area (Å²) in [6, 6.07) is 7.21. The molecule has 1 heterocycles. The number of hydrogen-bond acceptors (Lipinski definition) is 2. The third-order valence-electron chi connectivity index (χ3n) is 1.71. The summed E-state index contributed by atoms with van der Waals surface area (Å²) in [7, 11) is 0. The Morgan fingerprint density at radius 2 is 1.92 bits per heavy atom. The van der Waals surface area contributed by atoms with Gasteiger partial charge in [-0.1, -0.05) is 0 Å². The third-order valence-corrected chi connectivity index (χ3v) is 4.39. The van der Waals surface area contributed by atoms with Crippen molar-refractivity contribution in [3.63, 3.8) is 0 Å². The van der Waals surface area contributed by atoms with Gasteiger partial charge in [0.1, 0.15) is 9.45 Å². The Balaban J connectivity index is 2.81. The van der Waals surface area contributed by atoms with Crippen LogP contribution in [-0.2, 0) is 0 Å². The van der Waals surface area contributed by atoms with Crippen molar-refractivity contribution in [3.05, 3.63) is 31.5 Å². The molecule has 1 aromatic carbocycles. The number of fused-ring (bicyclic) bond motifs is 1. The SMILES string of the molecule is Oc1ccc2nc(I)c(I)cc2c1. The van der Waals surface area contributed by atoms with Gasteiger partial charge >= 0.3 is 0 Å². The molecule has 0 bridgehead atoms. The van der Waals surface area contributed by atoms with Crippen LogP contribution in [0.1, 0.15) is 0 Å². The topological polar surface area (TPSA) is 33.1 Å². The normalized spacial score (nSPS) is 10.6. The van der Waals surface area contributed by atoms with E-state index in [2.05, 4.69) is 50.2 Å². The fraction of sp³-hybridized carbons (Fsp3) is 0. The third kappa shape index (κ3) is 1.88. The predicted molar refractivity (Wildman–Crippen MR) is 68.8 cm³/mol. The van der Waals surface area contributed by atoms with Crippen LogP contribution in [0.3, 0.4) is 0 Å². The summed E-state index contributed by atoms with van der Waals surface area (Å²) in [4.78, 5) is 4.38. The standard InChI is InChI=1S/C9H5I2NO/c10-7-4-5-3-6(13)1-2-8(5)12-9(7)11/h1-4,13H. The minimum atomic E-state index is 0.284. The Labute approximate surface area is 103 Å². The smallest absolute Gasteiger partial charge is 0.116 e. The molecule has 0 radical (unpaired) electrons. The molecule has 0 amide bonds. The molecule has 66 valence electrons. The van der Waals surface area contributed by atoms with E-state index in [0.29, 0.717) is 0 Å². The summed E-state index contributed by atoms with van der Waals surface area (Å²) in [5.74, 6) is 0.284. The molecule has 2 rings (SSSR count). The Morgan fingerprint density at radius 3 is 2.69 bits per heavy atom. The Bertz CT molecular complexity index is 470. The summed E-state index contributed by atoms with van der Waals surface area (Å²) >= 11 is 4.43. The summed E-state index contributed by atoms with van der Waals surface area (Å²) in [6.45, 7) is 0. The van der Waals surface area contributed by atoms with Gasteiger partial charge in [-0.3, -0.25) is 0 Å². The maximum Gasteiger partial charge on any atom is 0.116 e. The molecule has 1 aromatic heterocycles. The Kier molecular flexibility index (Phi) is 2.59. The molecule has 0 saturated carbocycles. The molecule has 0 aliphatic heterocycles. The highest BCUT2D eigenvalue weighted by molar-refractivity contribution is 14.1. The van der Waals surface area contributed by atoms with Crippen LogP contribution in [0.4, 0.5) is 0 Å². The number of nitrogens with zero attached hydrogens (tertiary/aromatic N) is 1. The van der Waals surface area contributed by atoms with E-state index in [0.717, 1.165) is 18.2 Å². The first-order valence-corrected chi connectivity index (χ1v) is 5.77. The highest BCUT2D eigenvalue weighted by atomic mass is 127. The Hall–Kier alpha value is -0.110. The van der Waals surface area contributed by atoms with Crippen molar-refractivity contribution in [2.24, 2.45) is 0 Å². The lowest BCUT2D eigenvalue weighted by molar-refractivity contribution is 0.476. The van der Waals surface area contributed by atoms with Gasteiger partial charge in [0.2, 0.25) is 0 Å². The number of aromatic nitrogens is 1. The maximum absolute atomic E-state index is 9.26. The molecule has 0 spiro atoms. The highest BCUT2D eigenvalue weighted by Gasteiger charge is 2.01. The number of phenols is 1. The van der Waals surface area contributed by atoms with Gasteiger partial charge in [-0.25, -0.2) is 4.98 Å². The molecule has 2 nitrogen and oxygen atoms in total. The fourth-order valence-electron chi connectivity index (χ4n) is 1.11. The first-order chi connectivity index (χ1) is 6.16. The highest BCUT2D eigenvalue weighted by Crippen LogP contribution is 2.22. The first-order valence-electron chi connectivity index (χ1n) is 3.61. The second kappa shape index (κ2) is 3.56. The van der Waals surface area contributed by atoms with Crippen molar-refractivity contribution in [1.29, 1.82) is 0 Å². The average Bonchev–Trinajstić information content (AvgIpc) is 2.08. The van der Waals surface area contributed by atoms with Crippen LogP contribution < -0.4 is 0 Å². The van der Waals surface area contributed by atoms with Gasteiger partial charge in [-0.15, -0.1) is 0 Å². The van der Waals surface area contributed by atoms with Crippen LogP contribution in [0.5, 0.6) is 5.75 Å². The van der Waals surface area contributed by atoms with E-state index < -0.39 is 0 Å². The van der Waals surface area contributed by atoms with Gasteiger partial charge in [0.05, 0.1) is 5.52 Å². The van der Waals surface area contributed by atoms with Crippen molar-refractivity contribution in [2.45, 2.75) is 0 Å². The zero-order valence-corrected chi connectivity index (χ0v) is 10.8. The number of aromatic hydroxyl groups is 1. The van der Waals surface area contributed by atoms with Gasteiger partial charge in [0.15, 0.2) is 0 Å². The molecular formula is C9H5I2NO. The zero-order valence-electron chi connectivity index (χ0n) is 6.46. The molecule has 0 atom stereocenters. The molecule has 0 unspecified atom stereocenters. The molecule has 4 heteroatoms. The van der Waals surface area contributed by atoms with Gasteiger partial charge < -0.3 is 5.11 Å². The van der Waals surface area contributed by atoms with Crippen molar-refractivity contribution in [1.82, 2.24) is 4.98 Å². The maximum atomic E-state index is 9.26. The van der Waals surface area contributed by atoms with E-state index in [9.17, 15) is 5.11 Å². The van der Waals surface area contributed by atoms with E-state index >= 15 is 0 Å².